The molecular weight excluding hydrogens is 368 g/mol. The van der Waals surface area contributed by atoms with E-state index in [2.05, 4.69) is 9.72 Å². The molecule has 0 unspecified atom stereocenters. The highest BCUT2D eigenvalue weighted by Gasteiger charge is 2.21. The molecule has 0 saturated carbocycles. The Bertz CT molecular complexity index is 908. The number of nitrogens with one attached hydrogen (secondary N) is 1. The zero-order valence-electron chi connectivity index (χ0n) is 13.4. The van der Waals surface area contributed by atoms with Crippen LogP contribution in [0.25, 0.3) is 0 Å². The number of halogens is 1. The van der Waals surface area contributed by atoms with Gasteiger partial charge in [0.15, 0.2) is 0 Å². The van der Waals surface area contributed by atoms with Crippen molar-refractivity contribution in [2.24, 2.45) is 0 Å². The van der Waals surface area contributed by atoms with Gasteiger partial charge in [-0.25, -0.2) is 22.9 Å². The second-order valence-electron chi connectivity index (χ2n) is 5.19. The lowest BCUT2D eigenvalue weighted by Crippen LogP contribution is -2.32. The lowest BCUT2D eigenvalue weighted by molar-refractivity contribution is 0.0599. The van der Waals surface area contributed by atoms with Crippen molar-refractivity contribution in [3.05, 3.63) is 63.9 Å². The molecule has 0 atom stereocenters. The standard InChI is InChI=1S/C16H15ClN2O5S/c1-10-7-13(18-14(17)8-10)15(20)19-25(22,23)9-11-5-3-4-6-12(11)16(21)24-2/h3-8H,9H2,1-2H3,(H,19,20). The third kappa shape index (κ3) is 5.01. The van der Waals surface area contributed by atoms with E-state index >= 15 is 0 Å². The molecule has 2 rings (SSSR count). The van der Waals surface area contributed by atoms with Crippen molar-refractivity contribution in [3.63, 3.8) is 0 Å². The maximum absolute atomic E-state index is 12.3. The predicted molar refractivity (Wildman–Crippen MR) is 91.9 cm³/mol. The molecule has 0 radical (unpaired) electrons. The fourth-order valence-electron chi connectivity index (χ4n) is 2.13. The van der Waals surface area contributed by atoms with Crippen molar-refractivity contribution in [1.82, 2.24) is 9.71 Å². The van der Waals surface area contributed by atoms with E-state index in [9.17, 15) is 18.0 Å². The average Bonchev–Trinajstić information content (AvgIpc) is 2.52. The number of methoxy groups -OCH3 is 1. The maximum Gasteiger partial charge on any atom is 0.338 e. The number of hydrogen-bond acceptors (Lipinski definition) is 6. The molecule has 0 bridgehead atoms. The molecule has 1 aromatic heterocycles. The number of aryl methyl sites for hydroxylation is 1. The number of hydrogen-bond donors (Lipinski definition) is 1. The van der Waals surface area contributed by atoms with Crippen LogP contribution in [0.5, 0.6) is 0 Å². The number of sulfonamides is 1. The summed E-state index contributed by atoms with van der Waals surface area (Å²) in [6.07, 6.45) is 0. The first kappa shape index (κ1) is 18.9. The van der Waals surface area contributed by atoms with Gasteiger partial charge in [-0.05, 0) is 36.2 Å². The summed E-state index contributed by atoms with van der Waals surface area (Å²) in [6.45, 7) is 1.70. The molecule has 7 nitrogen and oxygen atoms in total. The first-order chi connectivity index (χ1) is 11.7. The van der Waals surface area contributed by atoms with Crippen LogP contribution in [-0.2, 0) is 20.5 Å². The van der Waals surface area contributed by atoms with E-state index in [1.54, 1.807) is 25.1 Å². The summed E-state index contributed by atoms with van der Waals surface area (Å²) in [5.41, 5.74) is 0.873. The summed E-state index contributed by atoms with van der Waals surface area (Å²) in [5, 5.41) is 0.0820. The van der Waals surface area contributed by atoms with Gasteiger partial charge in [0.05, 0.1) is 18.4 Å². The molecule has 0 aliphatic rings. The second-order valence-corrected chi connectivity index (χ2v) is 7.30. The van der Waals surface area contributed by atoms with E-state index in [1.807, 2.05) is 4.72 Å². The number of rotatable bonds is 5. The Morgan fingerprint density at radius 3 is 2.56 bits per heavy atom. The normalized spacial score (nSPS) is 11.0. The highest BCUT2D eigenvalue weighted by atomic mass is 35.5. The minimum Gasteiger partial charge on any atom is -0.465 e. The van der Waals surface area contributed by atoms with E-state index < -0.39 is 27.7 Å². The van der Waals surface area contributed by atoms with Gasteiger partial charge in [-0.15, -0.1) is 0 Å². The van der Waals surface area contributed by atoms with Gasteiger partial charge < -0.3 is 4.74 Å². The van der Waals surface area contributed by atoms with Crippen LogP contribution in [-0.4, -0.2) is 32.4 Å². The highest BCUT2D eigenvalue weighted by Crippen LogP contribution is 2.14. The number of esters is 1. The van der Waals surface area contributed by atoms with Crippen molar-refractivity contribution in [1.29, 1.82) is 0 Å². The van der Waals surface area contributed by atoms with Gasteiger partial charge in [-0.3, -0.25) is 4.79 Å². The number of carbonyl (C=O) groups is 2. The third-order valence-electron chi connectivity index (χ3n) is 3.19. The number of pyridine rings is 1. The molecule has 1 heterocycles. The Kier molecular flexibility index (Phi) is 5.76. The first-order valence-electron chi connectivity index (χ1n) is 7.07. The Labute approximate surface area is 150 Å². The number of benzene rings is 1. The Morgan fingerprint density at radius 2 is 1.92 bits per heavy atom. The Hall–Kier alpha value is -2.45. The van der Waals surface area contributed by atoms with Crippen LogP contribution in [0.2, 0.25) is 5.15 Å². The zero-order valence-corrected chi connectivity index (χ0v) is 15.0. The first-order valence-corrected chi connectivity index (χ1v) is 9.10. The van der Waals surface area contributed by atoms with Crippen molar-refractivity contribution >= 4 is 33.5 Å². The van der Waals surface area contributed by atoms with Crippen LogP contribution >= 0.6 is 11.6 Å². The van der Waals surface area contributed by atoms with E-state index in [1.165, 1.54) is 25.3 Å². The summed E-state index contributed by atoms with van der Waals surface area (Å²) >= 11 is 5.77. The number of carbonyl (C=O) groups excluding carboxylic acids is 2. The second kappa shape index (κ2) is 7.62. The molecule has 1 N–H and O–H groups in total. The minimum absolute atomic E-state index is 0.0820. The number of amides is 1. The summed E-state index contributed by atoms with van der Waals surface area (Å²) < 4.78 is 31.1. The number of aromatic nitrogens is 1. The van der Waals surface area contributed by atoms with Crippen molar-refractivity contribution < 1.29 is 22.7 Å². The van der Waals surface area contributed by atoms with Gasteiger partial charge >= 0.3 is 5.97 Å². The zero-order chi connectivity index (χ0) is 18.6. The fraction of sp³-hybridized carbons (Fsp3) is 0.188. The molecule has 1 amide bonds. The third-order valence-corrected chi connectivity index (χ3v) is 4.57. The smallest absolute Gasteiger partial charge is 0.338 e. The molecule has 1 aromatic carbocycles. The van der Waals surface area contributed by atoms with E-state index in [0.717, 1.165) is 0 Å². The van der Waals surface area contributed by atoms with Crippen molar-refractivity contribution in [2.45, 2.75) is 12.7 Å². The highest BCUT2D eigenvalue weighted by molar-refractivity contribution is 7.89. The summed E-state index contributed by atoms with van der Waals surface area (Å²) in [7, 11) is -2.87. The van der Waals surface area contributed by atoms with Crippen LogP contribution < -0.4 is 4.72 Å². The maximum atomic E-state index is 12.3. The molecule has 9 heteroatoms. The van der Waals surface area contributed by atoms with Crippen LogP contribution in [0.4, 0.5) is 0 Å². The molecule has 0 fully saturated rings. The van der Waals surface area contributed by atoms with Crippen molar-refractivity contribution in [2.75, 3.05) is 7.11 Å². The molecule has 0 spiro atoms. The van der Waals surface area contributed by atoms with Crippen LogP contribution in [0.3, 0.4) is 0 Å². The molecule has 0 saturated heterocycles. The molecule has 25 heavy (non-hydrogen) atoms. The van der Waals surface area contributed by atoms with Gasteiger partial charge in [0.2, 0.25) is 10.0 Å². The molecule has 132 valence electrons. The molecule has 0 aliphatic heterocycles. The Morgan fingerprint density at radius 1 is 1.24 bits per heavy atom. The van der Waals surface area contributed by atoms with E-state index in [0.29, 0.717) is 5.56 Å². The lowest BCUT2D eigenvalue weighted by atomic mass is 10.1. The average molecular weight is 383 g/mol. The summed E-state index contributed by atoms with van der Waals surface area (Å²) in [5.74, 6) is -2.13. The SMILES string of the molecule is COC(=O)c1ccccc1CS(=O)(=O)NC(=O)c1cc(C)cc(Cl)n1. The van der Waals surface area contributed by atoms with Gasteiger partial charge in [0.25, 0.3) is 5.91 Å². The quantitative estimate of drug-likeness (QED) is 0.627. The summed E-state index contributed by atoms with van der Waals surface area (Å²) in [4.78, 5) is 27.6. The van der Waals surface area contributed by atoms with Gasteiger partial charge in [-0.1, -0.05) is 29.8 Å². The van der Waals surface area contributed by atoms with E-state index in [4.69, 9.17) is 11.6 Å². The monoisotopic (exact) mass is 382 g/mol. The van der Waals surface area contributed by atoms with Gasteiger partial charge in [0.1, 0.15) is 10.8 Å². The molecular formula is C16H15ClN2O5S. The lowest BCUT2D eigenvalue weighted by Gasteiger charge is -2.10. The summed E-state index contributed by atoms with van der Waals surface area (Å²) in [6, 6.07) is 9.04. The van der Waals surface area contributed by atoms with Crippen LogP contribution in [0, 0.1) is 6.92 Å². The van der Waals surface area contributed by atoms with Gasteiger partial charge in [0, 0.05) is 0 Å². The topological polar surface area (TPSA) is 102 Å². The van der Waals surface area contributed by atoms with Crippen molar-refractivity contribution in [3.8, 4) is 0 Å². The molecule has 0 aliphatic carbocycles. The fourth-order valence-corrected chi connectivity index (χ4v) is 3.51. The van der Waals surface area contributed by atoms with E-state index in [-0.39, 0.29) is 22.0 Å². The molecule has 2 aromatic rings. The largest absolute Gasteiger partial charge is 0.465 e. The van der Waals surface area contributed by atoms with Crippen LogP contribution in [0.15, 0.2) is 36.4 Å². The van der Waals surface area contributed by atoms with Gasteiger partial charge in [-0.2, -0.15) is 0 Å². The number of nitrogens with zero attached hydrogens (tertiary/aromatic N) is 1. The minimum atomic E-state index is -4.06. The van der Waals surface area contributed by atoms with Crippen LogP contribution in [0.1, 0.15) is 32.0 Å². The predicted octanol–water partition coefficient (Wildman–Crippen LogP) is 2.09. The number of ether oxygens (including phenoxy) is 1. The Balaban J connectivity index is 2.23.